The second kappa shape index (κ2) is 3.27. The monoisotopic (exact) mass is 186 g/mol. The molecule has 0 amide bonds. The molecule has 62 valence electrons. The maximum absolute atomic E-state index is 10.2. The van der Waals surface area contributed by atoms with Crippen LogP contribution in [-0.2, 0) is 0 Å². The van der Waals surface area contributed by atoms with Crippen molar-refractivity contribution < 1.29 is 9.72 Å². The SMILES string of the molecule is O=Cc1cc([N+](=O)[O-])cc(Cl)n1. The van der Waals surface area contributed by atoms with Crippen LogP contribution < -0.4 is 0 Å². The molecule has 1 aromatic rings. The van der Waals surface area contributed by atoms with E-state index in [1.54, 1.807) is 0 Å². The lowest BCUT2D eigenvalue weighted by atomic mass is 10.3. The molecule has 0 saturated heterocycles. The van der Waals surface area contributed by atoms with Crippen molar-refractivity contribution in [1.29, 1.82) is 0 Å². The van der Waals surface area contributed by atoms with E-state index in [4.69, 9.17) is 11.6 Å². The summed E-state index contributed by atoms with van der Waals surface area (Å²) < 4.78 is 0. The van der Waals surface area contributed by atoms with Gasteiger partial charge in [0.25, 0.3) is 5.69 Å². The van der Waals surface area contributed by atoms with E-state index in [1.807, 2.05) is 0 Å². The fourth-order valence-corrected chi connectivity index (χ4v) is 0.878. The number of halogens is 1. The van der Waals surface area contributed by atoms with Crippen LogP contribution in [0.3, 0.4) is 0 Å². The number of aromatic nitrogens is 1. The van der Waals surface area contributed by atoms with Crippen LogP contribution in [0.1, 0.15) is 10.5 Å². The fraction of sp³-hybridized carbons (Fsp3) is 0. The third-order valence-corrected chi connectivity index (χ3v) is 1.32. The van der Waals surface area contributed by atoms with Crippen LogP contribution in [0.4, 0.5) is 5.69 Å². The summed E-state index contributed by atoms with van der Waals surface area (Å²) >= 11 is 5.40. The molecule has 6 heteroatoms. The van der Waals surface area contributed by atoms with Crippen LogP contribution in [0.15, 0.2) is 12.1 Å². The Bertz CT molecular complexity index is 340. The third kappa shape index (κ3) is 1.76. The molecule has 1 heterocycles. The molecule has 0 aliphatic carbocycles. The largest absolute Gasteiger partial charge is 0.296 e. The summed E-state index contributed by atoms with van der Waals surface area (Å²) in [6.07, 6.45) is 0.402. The molecule has 0 N–H and O–H groups in total. The van der Waals surface area contributed by atoms with E-state index in [-0.39, 0.29) is 16.5 Å². The molecule has 0 spiro atoms. The smallest absolute Gasteiger partial charge is 0.274 e. The van der Waals surface area contributed by atoms with Crippen molar-refractivity contribution in [3.05, 3.63) is 33.1 Å². The predicted octanol–water partition coefficient (Wildman–Crippen LogP) is 1.46. The van der Waals surface area contributed by atoms with E-state index in [0.717, 1.165) is 12.1 Å². The van der Waals surface area contributed by atoms with Gasteiger partial charge in [0.2, 0.25) is 0 Å². The van der Waals surface area contributed by atoms with Gasteiger partial charge in [-0.3, -0.25) is 14.9 Å². The lowest BCUT2D eigenvalue weighted by Gasteiger charge is -1.92. The van der Waals surface area contributed by atoms with Gasteiger partial charge in [-0.05, 0) is 0 Å². The molecule has 0 unspecified atom stereocenters. The highest BCUT2D eigenvalue weighted by Crippen LogP contribution is 2.16. The van der Waals surface area contributed by atoms with Gasteiger partial charge in [0, 0.05) is 6.07 Å². The maximum Gasteiger partial charge on any atom is 0.274 e. The van der Waals surface area contributed by atoms with E-state index in [2.05, 4.69) is 4.98 Å². The standard InChI is InChI=1S/C6H3ClN2O3/c7-6-2-5(9(11)12)1-4(3-10)8-6/h1-3H. The second-order valence-corrected chi connectivity index (χ2v) is 2.34. The average Bonchev–Trinajstić information content (AvgIpc) is 2.03. The molecule has 0 aliphatic rings. The Morgan fingerprint density at radius 3 is 2.75 bits per heavy atom. The molecule has 0 aliphatic heterocycles. The van der Waals surface area contributed by atoms with Gasteiger partial charge in [-0.25, -0.2) is 4.98 Å². The number of carbonyl (C=O) groups excluding carboxylic acids is 1. The van der Waals surface area contributed by atoms with Gasteiger partial charge in [0.1, 0.15) is 10.8 Å². The highest BCUT2D eigenvalue weighted by Gasteiger charge is 2.08. The average molecular weight is 187 g/mol. The molecule has 0 radical (unpaired) electrons. The third-order valence-electron chi connectivity index (χ3n) is 1.13. The van der Waals surface area contributed by atoms with Crippen LogP contribution in [-0.4, -0.2) is 16.2 Å². The van der Waals surface area contributed by atoms with Gasteiger partial charge in [-0.2, -0.15) is 0 Å². The van der Waals surface area contributed by atoms with E-state index >= 15 is 0 Å². The van der Waals surface area contributed by atoms with Gasteiger partial charge in [0.15, 0.2) is 6.29 Å². The molecule has 12 heavy (non-hydrogen) atoms. The number of hydrogen-bond donors (Lipinski definition) is 0. The van der Waals surface area contributed by atoms with E-state index in [9.17, 15) is 14.9 Å². The first-order valence-electron chi connectivity index (χ1n) is 2.90. The van der Waals surface area contributed by atoms with Crippen molar-refractivity contribution in [1.82, 2.24) is 4.98 Å². The number of carbonyl (C=O) groups is 1. The molecule has 1 aromatic heterocycles. The summed E-state index contributed by atoms with van der Waals surface area (Å²) in [5, 5.41) is 10.2. The Labute approximate surface area is 72.1 Å². The Kier molecular flexibility index (Phi) is 2.35. The highest BCUT2D eigenvalue weighted by molar-refractivity contribution is 6.29. The number of pyridine rings is 1. The van der Waals surface area contributed by atoms with Crippen molar-refractivity contribution in [2.45, 2.75) is 0 Å². The number of aldehydes is 1. The van der Waals surface area contributed by atoms with Crippen LogP contribution >= 0.6 is 11.6 Å². The van der Waals surface area contributed by atoms with Crippen LogP contribution in [0, 0.1) is 10.1 Å². The zero-order valence-corrected chi connectivity index (χ0v) is 6.49. The molecule has 0 aromatic carbocycles. The summed E-state index contributed by atoms with van der Waals surface area (Å²) in [4.78, 5) is 23.3. The Balaban J connectivity index is 3.23. The van der Waals surface area contributed by atoms with Crippen molar-refractivity contribution in [3.63, 3.8) is 0 Å². The topological polar surface area (TPSA) is 73.1 Å². The van der Waals surface area contributed by atoms with Crippen molar-refractivity contribution >= 4 is 23.6 Å². The minimum absolute atomic E-state index is 0.0470. The molecule has 0 atom stereocenters. The summed E-state index contributed by atoms with van der Waals surface area (Å²) in [7, 11) is 0. The Morgan fingerprint density at radius 2 is 2.25 bits per heavy atom. The molecule has 0 fully saturated rings. The van der Waals surface area contributed by atoms with Crippen molar-refractivity contribution in [3.8, 4) is 0 Å². The van der Waals surface area contributed by atoms with Gasteiger partial charge >= 0.3 is 0 Å². The Hall–Kier alpha value is -1.49. The molecule has 5 nitrogen and oxygen atoms in total. The zero-order chi connectivity index (χ0) is 9.14. The number of nitrogens with zero attached hydrogens (tertiary/aromatic N) is 2. The van der Waals surface area contributed by atoms with E-state index in [0.29, 0.717) is 6.29 Å². The molecule has 0 saturated carbocycles. The molecular formula is C6H3ClN2O3. The first kappa shape index (κ1) is 8.61. The minimum atomic E-state index is -0.638. The van der Waals surface area contributed by atoms with Crippen molar-refractivity contribution in [2.75, 3.05) is 0 Å². The first-order valence-corrected chi connectivity index (χ1v) is 3.28. The highest BCUT2D eigenvalue weighted by atomic mass is 35.5. The summed E-state index contributed by atoms with van der Waals surface area (Å²) in [6, 6.07) is 2.13. The van der Waals surface area contributed by atoms with E-state index < -0.39 is 4.92 Å². The summed E-state index contributed by atoms with van der Waals surface area (Å²) in [6.45, 7) is 0. The Morgan fingerprint density at radius 1 is 1.58 bits per heavy atom. The zero-order valence-electron chi connectivity index (χ0n) is 5.73. The lowest BCUT2D eigenvalue weighted by Crippen LogP contribution is -1.93. The van der Waals surface area contributed by atoms with E-state index in [1.165, 1.54) is 0 Å². The number of hydrogen-bond acceptors (Lipinski definition) is 4. The normalized spacial score (nSPS) is 9.42. The first-order chi connectivity index (χ1) is 5.63. The van der Waals surface area contributed by atoms with Crippen LogP contribution in [0.5, 0.6) is 0 Å². The van der Waals surface area contributed by atoms with Crippen molar-refractivity contribution in [2.24, 2.45) is 0 Å². The number of rotatable bonds is 2. The molecule has 0 bridgehead atoms. The minimum Gasteiger partial charge on any atom is -0.296 e. The van der Waals surface area contributed by atoms with Gasteiger partial charge in [0.05, 0.1) is 11.0 Å². The van der Waals surface area contributed by atoms with Crippen LogP contribution in [0.2, 0.25) is 5.15 Å². The second-order valence-electron chi connectivity index (χ2n) is 1.95. The van der Waals surface area contributed by atoms with Gasteiger partial charge in [-0.1, -0.05) is 11.6 Å². The van der Waals surface area contributed by atoms with Gasteiger partial charge < -0.3 is 0 Å². The number of nitro groups is 1. The predicted molar refractivity (Wildman–Crippen MR) is 41.3 cm³/mol. The fourth-order valence-electron chi connectivity index (χ4n) is 0.669. The lowest BCUT2D eigenvalue weighted by molar-refractivity contribution is -0.384. The maximum atomic E-state index is 10.2. The molecule has 1 rings (SSSR count). The van der Waals surface area contributed by atoms with Crippen LogP contribution in [0.25, 0.3) is 0 Å². The quantitative estimate of drug-likeness (QED) is 0.303. The van der Waals surface area contributed by atoms with Gasteiger partial charge in [-0.15, -0.1) is 0 Å². The molecular weight excluding hydrogens is 184 g/mol. The summed E-state index contributed by atoms with van der Waals surface area (Å²) in [5.41, 5.74) is -0.286. The summed E-state index contributed by atoms with van der Waals surface area (Å²) in [5.74, 6) is 0.